The van der Waals surface area contributed by atoms with E-state index < -0.39 is 29.3 Å². The van der Waals surface area contributed by atoms with E-state index in [4.69, 9.17) is 9.47 Å². The Morgan fingerprint density at radius 3 is 2.76 bits per heavy atom. The number of hydrogen-bond donors (Lipinski definition) is 0. The molecule has 1 aromatic rings. The molecule has 158 valence electrons. The number of pyridine rings is 1. The second kappa shape index (κ2) is 7.11. The highest BCUT2D eigenvalue weighted by atomic mass is 19.3. The third-order valence-electron chi connectivity index (χ3n) is 6.08. The van der Waals surface area contributed by atoms with Gasteiger partial charge in [0.05, 0.1) is 25.3 Å². The minimum atomic E-state index is -2.92. The van der Waals surface area contributed by atoms with Gasteiger partial charge in [-0.15, -0.1) is 0 Å². The molecule has 2 fully saturated rings. The second-order valence-corrected chi connectivity index (χ2v) is 7.88. The molecule has 1 amide bonds. The first kappa shape index (κ1) is 19.8. The molecule has 1 aliphatic carbocycles. The third-order valence-corrected chi connectivity index (χ3v) is 6.08. The van der Waals surface area contributed by atoms with Gasteiger partial charge in [-0.25, -0.2) is 13.6 Å². The van der Waals surface area contributed by atoms with Gasteiger partial charge < -0.3 is 18.9 Å². The summed E-state index contributed by atoms with van der Waals surface area (Å²) in [6.07, 6.45) is 2.76. The summed E-state index contributed by atoms with van der Waals surface area (Å²) in [4.78, 5) is 39.6. The first-order chi connectivity index (χ1) is 13.8. The number of halogens is 2. The van der Waals surface area contributed by atoms with Gasteiger partial charge in [-0.3, -0.25) is 9.59 Å². The lowest BCUT2D eigenvalue weighted by Crippen LogP contribution is -2.58. The van der Waals surface area contributed by atoms with Crippen molar-refractivity contribution in [1.82, 2.24) is 9.47 Å². The van der Waals surface area contributed by atoms with E-state index in [9.17, 15) is 23.2 Å². The molecule has 1 aromatic heterocycles. The third kappa shape index (κ3) is 3.02. The molecule has 0 spiro atoms. The van der Waals surface area contributed by atoms with Crippen molar-refractivity contribution in [3.8, 4) is 5.75 Å². The summed E-state index contributed by atoms with van der Waals surface area (Å²) in [5, 5.41) is 0. The van der Waals surface area contributed by atoms with Gasteiger partial charge >= 0.3 is 5.97 Å². The van der Waals surface area contributed by atoms with Crippen LogP contribution in [0.3, 0.4) is 0 Å². The van der Waals surface area contributed by atoms with Gasteiger partial charge in [0.15, 0.2) is 11.4 Å². The van der Waals surface area contributed by atoms with Gasteiger partial charge in [0.1, 0.15) is 5.56 Å². The Hall–Kier alpha value is -2.45. The molecule has 0 aromatic carbocycles. The van der Waals surface area contributed by atoms with Gasteiger partial charge in [0.2, 0.25) is 5.43 Å². The molecule has 0 unspecified atom stereocenters. The van der Waals surface area contributed by atoms with Crippen LogP contribution in [0.4, 0.5) is 8.78 Å². The quantitative estimate of drug-likeness (QED) is 0.532. The Morgan fingerprint density at radius 2 is 2.07 bits per heavy atom. The van der Waals surface area contributed by atoms with Crippen LogP contribution in [-0.4, -0.2) is 52.6 Å². The lowest BCUT2D eigenvalue weighted by atomic mass is 9.94. The number of hydrogen-bond acceptors (Lipinski definition) is 5. The van der Waals surface area contributed by atoms with Crippen LogP contribution < -0.4 is 10.2 Å². The van der Waals surface area contributed by atoms with Crippen molar-refractivity contribution >= 4 is 11.9 Å². The van der Waals surface area contributed by atoms with Gasteiger partial charge in [-0.05, 0) is 25.7 Å². The molecule has 29 heavy (non-hydrogen) atoms. The van der Waals surface area contributed by atoms with Crippen LogP contribution >= 0.6 is 0 Å². The van der Waals surface area contributed by atoms with Gasteiger partial charge in [0, 0.05) is 19.2 Å². The molecular formula is C20H24F2N2O5. The zero-order chi connectivity index (χ0) is 20.9. The summed E-state index contributed by atoms with van der Waals surface area (Å²) in [7, 11) is 0. The highest BCUT2D eigenvalue weighted by Crippen LogP contribution is 2.53. The topological polar surface area (TPSA) is 77.8 Å². The molecule has 4 rings (SSSR count). The lowest BCUT2D eigenvalue weighted by Gasteiger charge is -2.43. The fourth-order valence-electron chi connectivity index (χ4n) is 4.76. The Balaban J connectivity index is 1.80. The summed E-state index contributed by atoms with van der Waals surface area (Å²) >= 11 is 0. The smallest absolute Gasteiger partial charge is 0.343 e. The maximum absolute atomic E-state index is 14.3. The van der Waals surface area contributed by atoms with E-state index in [0.717, 1.165) is 6.42 Å². The van der Waals surface area contributed by atoms with E-state index in [1.807, 2.05) is 6.92 Å². The van der Waals surface area contributed by atoms with Gasteiger partial charge in [0.25, 0.3) is 11.8 Å². The highest BCUT2D eigenvalue weighted by molar-refractivity contribution is 5.98. The molecule has 3 atom stereocenters. The molecule has 1 saturated heterocycles. The van der Waals surface area contributed by atoms with E-state index in [0.29, 0.717) is 6.42 Å². The molecule has 3 heterocycles. The molecule has 2 aliphatic heterocycles. The van der Waals surface area contributed by atoms with Crippen molar-refractivity contribution in [2.24, 2.45) is 5.92 Å². The van der Waals surface area contributed by atoms with Crippen LogP contribution in [-0.2, 0) is 11.3 Å². The maximum Gasteiger partial charge on any atom is 0.343 e. The van der Waals surface area contributed by atoms with E-state index in [2.05, 4.69) is 0 Å². The van der Waals surface area contributed by atoms with E-state index in [1.165, 1.54) is 15.7 Å². The van der Waals surface area contributed by atoms with Gasteiger partial charge in [-0.1, -0.05) is 13.3 Å². The van der Waals surface area contributed by atoms with E-state index in [-0.39, 0.29) is 61.6 Å². The fourth-order valence-corrected chi connectivity index (χ4v) is 4.76. The highest BCUT2D eigenvalue weighted by Gasteiger charge is 2.63. The van der Waals surface area contributed by atoms with Crippen molar-refractivity contribution in [3.63, 3.8) is 0 Å². The first-order valence-corrected chi connectivity index (χ1v) is 10.1. The zero-order valence-electron chi connectivity index (χ0n) is 16.5. The normalized spacial score (nSPS) is 26.3. The predicted molar refractivity (Wildman–Crippen MR) is 98.5 cm³/mol. The molecule has 0 radical (unpaired) electrons. The Kier molecular flexibility index (Phi) is 4.86. The van der Waals surface area contributed by atoms with Crippen molar-refractivity contribution < 1.29 is 27.8 Å². The number of unbranched alkanes of at least 4 members (excludes halogenated alkanes) is 1. The molecule has 3 aliphatic rings. The lowest BCUT2D eigenvalue weighted by molar-refractivity contribution is -0.0870. The zero-order valence-corrected chi connectivity index (χ0v) is 16.5. The summed E-state index contributed by atoms with van der Waals surface area (Å²) < 4.78 is 40.7. The molecule has 0 N–H and O–H groups in total. The van der Waals surface area contributed by atoms with E-state index >= 15 is 0 Å². The van der Waals surface area contributed by atoms with Crippen LogP contribution in [0.5, 0.6) is 5.75 Å². The van der Waals surface area contributed by atoms with Crippen molar-refractivity contribution in [1.29, 1.82) is 0 Å². The van der Waals surface area contributed by atoms with Crippen LogP contribution in [0.25, 0.3) is 0 Å². The predicted octanol–water partition coefficient (Wildman–Crippen LogP) is 2.46. The standard InChI is InChI=1S/C20H24F2N2O5/c1-3-5-6-29-17-15-18(26)24-13(11-7-14(24)20(21,22)8-11)10-23(15)9-12(16(17)25)19(27)28-4-2/h9,11,13-14H,3-8,10H2,1-2H3/t11-,13+,14+/m0/s1. The Labute approximate surface area is 166 Å². The molecular weight excluding hydrogens is 386 g/mol. The fraction of sp³-hybridized carbons (Fsp3) is 0.650. The minimum Gasteiger partial charge on any atom is -0.487 e. The summed E-state index contributed by atoms with van der Waals surface area (Å²) in [6.45, 7) is 4.10. The SMILES string of the molecule is CCCCOc1c2n(cc(C(=O)OCC)c1=O)C[C@@H]1[C@H]3C[C@@H](N1C2=O)C(F)(F)C3. The van der Waals surface area contributed by atoms with Crippen LogP contribution in [0, 0.1) is 5.92 Å². The summed E-state index contributed by atoms with van der Waals surface area (Å²) in [5.41, 5.74) is -1.01. The number of piperidine rings is 1. The number of alkyl halides is 2. The second-order valence-electron chi connectivity index (χ2n) is 7.88. The number of ether oxygens (including phenoxy) is 2. The Bertz CT molecular complexity index is 913. The summed E-state index contributed by atoms with van der Waals surface area (Å²) in [6, 6.07) is -1.53. The number of esters is 1. The number of amides is 1. The van der Waals surface area contributed by atoms with Crippen LogP contribution in [0.2, 0.25) is 0 Å². The number of carbonyl (C=O) groups excluding carboxylic acids is 2. The van der Waals surface area contributed by atoms with Crippen molar-refractivity contribution in [2.45, 2.75) is 64.1 Å². The van der Waals surface area contributed by atoms with Crippen molar-refractivity contribution in [2.75, 3.05) is 13.2 Å². The largest absolute Gasteiger partial charge is 0.487 e. The monoisotopic (exact) mass is 410 g/mol. The number of fused-ring (bicyclic) bond motifs is 6. The number of carbonyl (C=O) groups is 2. The minimum absolute atomic E-state index is 0.0567. The first-order valence-electron chi connectivity index (χ1n) is 10.1. The van der Waals surface area contributed by atoms with Crippen LogP contribution in [0.15, 0.2) is 11.0 Å². The summed E-state index contributed by atoms with van der Waals surface area (Å²) in [5.74, 6) is -4.90. The van der Waals surface area contributed by atoms with Gasteiger partial charge in [-0.2, -0.15) is 0 Å². The maximum atomic E-state index is 14.3. The number of aromatic nitrogens is 1. The molecule has 9 heteroatoms. The van der Waals surface area contributed by atoms with Crippen LogP contribution in [0.1, 0.15) is 60.4 Å². The number of rotatable bonds is 6. The molecule has 1 saturated carbocycles. The molecule has 2 bridgehead atoms. The molecule has 7 nitrogen and oxygen atoms in total. The van der Waals surface area contributed by atoms with Crippen molar-refractivity contribution in [3.05, 3.63) is 27.7 Å². The Morgan fingerprint density at radius 1 is 1.31 bits per heavy atom. The number of nitrogens with zero attached hydrogens (tertiary/aromatic N) is 2. The average molecular weight is 410 g/mol. The van der Waals surface area contributed by atoms with E-state index in [1.54, 1.807) is 6.92 Å². The average Bonchev–Trinajstić information content (AvgIpc) is 3.17.